The Morgan fingerprint density at radius 3 is 2.26 bits per heavy atom. The summed E-state index contributed by atoms with van der Waals surface area (Å²) in [5, 5.41) is 2.71. The molecule has 1 aromatic heterocycles. The summed E-state index contributed by atoms with van der Waals surface area (Å²) < 4.78 is 2.55. The van der Waals surface area contributed by atoms with Gasteiger partial charge in [0, 0.05) is 27.3 Å². The highest BCUT2D eigenvalue weighted by Crippen LogP contribution is 2.52. The van der Waals surface area contributed by atoms with Crippen LogP contribution in [0.2, 0.25) is 0 Å². The van der Waals surface area contributed by atoms with Crippen LogP contribution in [0.3, 0.4) is 0 Å². The van der Waals surface area contributed by atoms with Gasteiger partial charge in [-0.3, -0.25) is 0 Å². The van der Waals surface area contributed by atoms with Crippen LogP contribution in [0.4, 0.5) is 0 Å². The third-order valence-electron chi connectivity index (χ3n) is 9.77. The fourth-order valence-corrected chi connectivity index (χ4v) is 7.69. The molecule has 4 aromatic carbocycles. The number of aromatic nitrogens is 1. The predicted octanol–water partition coefficient (Wildman–Crippen LogP) is 9.93. The molecule has 0 radical (unpaired) electrons. The van der Waals surface area contributed by atoms with Crippen LogP contribution in [0, 0.1) is 6.92 Å². The molecule has 0 spiro atoms. The molecule has 38 heavy (non-hydrogen) atoms. The van der Waals surface area contributed by atoms with Crippen LogP contribution < -0.4 is 0 Å². The molecule has 5 aromatic rings. The average Bonchev–Trinajstić information content (AvgIpc) is 3.36. The quantitative estimate of drug-likeness (QED) is 0.220. The normalized spacial score (nSPS) is 18.1. The lowest BCUT2D eigenvalue weighted by atomic mass is 9.71. The van der Waals surface area contributed by atoms with Gasteiger partial charge in [-0.05, 0) is 88.6 Å². The minimum Gasteiger partial charge on any atom is -0.309 e. The molecule has 8 rings (SSSR count). The van der Waals surface area contributed by atoms with Gasteiger partial charge >= 0.3 is 0 Å². The first-order valence-electron chi connectivity index (χ1n) is 14.0. The maximum absolute atomic E-state index is 2.55. The number of fused-ring (bicyclic) bond motifs is 7. The first-order valence-corrected chi connectivity index (χ1v) is 14.0. The minimum atomic E-state index is 0.00223. The van der Waals surface area contributed by atoms with Crippen LogP contribution in [0.5, 0.6) is 0 Å². The summed E-state index contributed by atoms with van der Waals surface area (Å²) in [6, 6.07) is 28.1. The number of nitrogens with zero attached hydrogens (tertiary/aromatic N) is 1. The standard InChI is InChI=1S/C37H33N/c1-22-13-16-25-26-17-14-24(21-32(26)37(4,5)31(25)19-22)23-15-18-33-28(20-23)27-9-8-11-30-35(27)38(33)34-12-7-6-10-29(34)36(30,2)3/h7-9,11-21H,6,10H2,1-5H3. The molecule has 3 aliphatic rings. The Morgan fingerprint density at radius 1 is 0.684 bits per heavy atom. The van der Waals surface area contributed by atoms with Gasteiger partial charge in [-0.1, -0.05) is 93.9 Å². The van der Waals surface area contributed by atoms with E-state index in [4.69, 9.17) is 0 Å². The van der Waals surface area contributed by atoms with Crippen molar-refractivity contribution in [1.29, 1.82) is 0 Å². The largest absolute Gasteiger partial charge is 0.309 e. The number of para-hydroxylation sites is 1. The van der Waals surface area contributed by atoms with E-state index in [2.05, 4.69) is 124 Å². The summed E-state index contributed by atoms with van der Waals surface area (Å²) in [6.07, 6.45) is 6.99. The van der Waals surface area contributed by atoms with Crippen molar-refractivity contribution in [3.05, 3.63) is 113 Å². The van der Waals surface area contributed by atoms with Gasteiger partial charge in [0.2, 0.25) is 0 Å². The van der Waals surface area contributed by atoms with Crippen LogP contribution in [0.1, 0.15) is 62.8 Å². The summed E-state index contributed by atoms with van der Waals surface area (Å²) >= 11 is 0. The SMILES string of the molecule is Cc1ccc2c(c1)C(C)(C)c1cc(-c3ccc4c(c3)c3cccc5c3n4C3=C(CCC=C3)C5(C)C)ccc1-2. The van der Waals surface area contributed by atoms with Crippen molar-refractivity contribution in [3.63, 3.8) is 0 Å². The Morgan fingerprint density at radius 2 is 1.42 bits per heavy atom. The van der Waals surface area contributed by atoms with Gasteiger partial charge in [0.15, 0.2) is 0 Å². The second-order valence-corrected chi connectivity index (χ2v) is 12.6. The maximum Gasteiger partial charge on any atom is 0.0581 e. The van der Waals surface area contributed by atoms with E-state index in [1.54, 1.807) is 5.57 Å². The van der Waals surface area contributed by atoms with Crippen molar-refractivity contribution in [2.24, 2.45) is 0 Å². The number of allylic oxidation sites excluding steroid dienone is 4. The van der Waals surface area contributed by atoms with Gasteiger partial charge in [0.05, 0.1) is 11.0 Å². The second-order valence-electron chi connectivity index (χ2n) is 12.6. The molecule has 0 atom stereocenters. The molecule has 186 valence electrons. The van der Waals surface area contributed by atoms with E-state index in [1.165, 1.54) is 72.0 Å². The van der Waals surface area contributed by atoms with E-state index in [0.29, 0.717) is 0 Å². The van der Waals surface area contributed by atoms with Crippen LogP contribution >= 0.6 is 0 Å². The Hall–Kier alpha value is -3.84. The molecule has 1 heteroatoms. The van der Waals surface area contributed by atoms with Gasteiger partial charge < -0.3 is 4.57 Å². The molecule has 2 aliphatic carbocycles. The molecule has 1 nitrogen and oxygen atoms in total. The van der Waals surface area contributed by atoms with Crippen molar-refractivity contribution in [2.75, 3.05) is 0 Å². The number of aryl methyl sites for hydroxylation is 1. The molecular weight excluding hydrogens is 458 g/mol. The summed E-state index contributed by atoms with van der Waals surface area (Å²) in [4.78, 5) is 0. The van der Waals surface area contributed by atoms with Crippen LogP contribution in [0.15, 0.2) is 90.5 Å². The van der Waals surface area contributed by atoms with Crippen molar-refractivity contribution < 1.29 is 0 Å². The third kappa shape index (κ3) is 2.67. The number of hydrogen-bond acceptors (Lipinski definition) is 0. The Kier molecular flexibility index (Phi) is 4.18. The molecule has 0 N–H and O–H groups in total. The molecule has 0 unspecified atom stereocenters. The lowest BCUT2D eigenvalue weighted by Crippen LogP contribution is -2.28. The predicted molar refractivity (Wildman–Crippen MR) is 162 cm³/mol. The highest BCUT2D eigenvalue weighted by molar-refractivity contribution is 6.14. The molecule has 0 amide bonds. The van der Waals surface area contributed by atoms with Gasteiger partial charge in [-0.2, -0.15) is 0 Å². The van der Waals surface area contributed by atoms with Crippen LogP contribution in [0.25, 0.3) is 49.8 Å². The van der Waals surface area contributed by atoms with E-state index < -0.39 is 0 Å². The molecule has 0 fully saturated rings. The van der Waals surface area contributed by atoms with Crippen LogP contribution in [-0.4, -0.2) is 4.57 Å². The lowest BCUT2D eigenvalue weighted by Gasteiger charge is -2.37. The summed E-state index contributed by atoms with van der Waals surface area (Å²) in [5.74, 6) is 0. The van der Waals surface area contributed by atoms with E-state index in [0.717, 1.165) is 12.8 Å². The average molecular weight is 492 g/mol. The third-order valence-corrected chi connectivity index (χ3v) is 9.77. The van der Waals surface area contributed by atoms with E-state index in [-0.39, 0.29) is 10.8 Å². The van der Waals surface area contributed by atoms with Gasteiger partial charge in [0.25, 0.3) is 0 Å². The zero-order chi connectivity index (χ0) is 26.0. The summed E-state index contributed by atoms with van der Waals surface area (Å²) in [6.45, 7) is 11.8. The molecule has 0 saturated carbocycles. The lowest BCUT2D eigenvalue weighted by molar-refractivity contribution is 0.585. The number of rotatable bonds is 1. The van der Waals surface area contributed by atoms with E-state index in [9.17, 15) is 0 Å². The Labute approximate surface area is 225 Å². The minimum absolute atomic E-state index is 0.00223. The molecule has 0 bridgehead atoms. The van der Waals surface area contributed by atoms with E-state index >= 15 is 0 Å². The van der Waals surface area contributed by atoms with Gasteiger partial charge in [0.1, 0.15) is 0 Å². The zero-order valence-corrected chi connectivity index (χ0v) is 22.9. The molecule has 0 saturated heterocycles. The number of hydrogen-bond donors (Lipinski definition) is 0. The Balaban J connectivity index is 1.35. The first kappa shape index (κ1) is 22.2. The van der Waals surface area contributed by atoms with Crippen molar-refractivity contribution in [1.82, 2.24) is 4.57 Å². The summed E-state index contributed by atoms with van der Waals surface area (Å²) in [7, 11) is 0. The van der Waals surface area contributed by atoms with Crippen molar-refractivity contribution >= 4 is 27.5 Å². The van der Waals surface area contributed by atoms with E-state index in [1.807, 2.05) is 0 Å². The van der Waals surface area contributed by atoms with Crippen molar-refractivity contribution in [2.45, 2.75) is 58.3 Å². The topological polar surface area (TPSA) is 4.93 Å². The zero-order valence-electron chi connectivity index (χ0n) is 22.9. The fourth-order valence-electron chi connectivity index (χ4n) is 7.69. The van der Waals surface area contributed by atoms with Gasteiger partial charge in [-0.25, -0.2) is 0 Å². The van der Waals surface area contributed by atoms with Crippen LogP contribution in [-0.2, 0) is 10.8 Å². The summed E-state index contributed by atoms with van der Waals surface area (Å²) in [5.41, 5.74) is 16.7. The molecule has 2 heterocycles. The first-order chi connectivity index (χ1) is 18.3. The molecule has 1 aliphatic heterocycles. The second kappa shape index (κ2) is 7.17. The highest BCUT2D eigenvalue weighted by Gasteiger charge is 2.37. The van der Waals surface area contributed by atoms with Crippen molar-refractivity contribution in [3.8, 4) is 22.3 Å². The molecular formula is C37H33N. The highest BCUT2D eigenvalue weighted by atomic mass is 15.0. The monoisotopic (exact) mass is 491 g/mol. The number of benzene rings is 4. The maximum atomic E-state index is 2.55. The Bertz CT molecular complexity index is 1920. The van der Waals surface area contributed by atoms with Gasteiger partial charge in [-0.15, -0.1) is 0 Å². The smallest absolute Gasteiger partial charge is 0.0581 e. The fraction of sp³-hybridized carbons (Fsp3) is 0.243.